The first kappa shape index (κ1) is 14.0. The van der Waals surface area contributed by atoms with Crippen molar-refractivity contribution in [2.24, 2.45) is 0 Å². The molecule has 4 rings (SSSR count). The third-order valence-electron chi connectivity index (χ3n) is 4.13. The number of hydrogen-bond acceptors (Lipinski definition) is 3. The van der Waals surface area contributed by atoms with E-state index in [-0.39, 0.29) is 11.6 Å². The van der Waals surface area contributed by atoms with E-state index in [2.05, 4.69) is 12.6 Å². The Labute approximate surface area is 139 Å². The summed E-state index contributed by atoms with van der Waals surface area (Å²) in [6, 6.07) is 20.0. The minimum absolute atomic E-state index is 0.110. The van der Waals surface area contributed by atoms with E-state index in [0.29, 0.717) is 27.1 Å². The molecule has 0 atom stereocenters. The fourth-order valence-corrected chi connectivity index (χ4v) is 3.39. The molecular weight excluding hydrogens is 304 g/mol. The predicted octanol–water partition coefficient (Wildman–Crippen LogP) is 4.42. The zero-order valence-corrected chi connectivity index (χ0v) is 13.0. The van der Waals surface area contributed by atoms with Crippen LogP contribution in [0.25, 0.3) is 11.1 Å². The molecule has 0 saturated heterocycles. The molecule has 0 bridgehead atoms. The fourth-order valence-electron chi connectivity index (χ4n) is 3.07. The van der Waals surface area contributed by atoms with Crippen molar-refractivity contribution in [1.82, 2.24) is 0 Å². The Kier molecular flexibility index (Phi) is 3.17. The van der Waals surface area contributed by atoms with Gasteiger partial charge in [0.1, 0.15) is 0 Å². The van der Waals surface area contributed by atoms with Crippen molar-refractivity contribution in [1.29, 1.82) is 0 Å². The average Bonchev–Trinajstić information content (AvgIpc) is 2.60. The van der Waals surface area contributed by atoms with E-state index in [0.717, 1.165) is 11.1 Å². The van der Waals surface area contributed by atoms with Gasteiger partial charge in [-0.15, -0.1) is 12.6 Å². The van der Waals surface area contributed by atoms with E-state index < -0.39 is 0 Å². The van der Waals surface area contributed by atoms with Crippen molar-refractivity contribution in [3.8, 4) is 11.1 Å². The summed E-state index contributed by atoms with van der Waals surface area (Å²) in [7, 11) is 0. The first-order valence-electron chi connectivity index (χ1n) is 7.28. The van der Waals surface area contributed by atoms with E-state index >= 15 is 0 Å². The summed E-state index contributed by atoms with van der Waals surface area (Å²) in [5, 5.41) is 0. The standard InChI is InChI=1S/C20H12O2S/c21-19-13-8-4-5-9-14(13)20(22)18-15(19)10-11-16(23)17(18)12-6-2-1-3-7-12/h1-11,23H. The highest BCUT2D eigenvalue weighted by atomic mass is 32.1. The van der Waals surface area contributed by atoms with E-state index in [1.165, 1.54) is 0 Å². The molecule has 0 saturated carbocycles. The third-order valence-corrected chi connectivity index (χ3v) is 4.51. The molecule has 0 N–H and O–H groups in total. The Hall–Kier alpha value is -2.65. The number of carbonyl (C=O) groups excluding carboxylic acids is 2. The number of thiol groups is 1. The van der Waals surface area contributed by atoms with Crippen LogP contribution in [0.4, 0.5) is 0 Å². The van der Waals surface area contributed by atoms with E-state index in [1.54, 1.807) is 36.4 Å². The molecule has 0 aliphatic heterocycles. The van der Waals surface area contributed by atoms with Gasteiger partial charge < -0.3 is 0 Å². The van der Waals surface area contributed by atoms with Gasteiger partial charge in [-0.1, -0.05) is 54.6 Å². The van der Waals surface area contributed by atoms with Gasteiger partial charge in [0.05, 0.1) is 0 Å². The Morgan fingerprint density at radius 2 is 1.17 bits per heavy atom. The van der Waals surface area contributed by atoms with Gasteiger partial charge in [0.15, 0.2) is 11.6 Å². The number of ketones is 2. The van der Waals surface area contributed by atoms with Crippen LogP contribution in [-0.4, -0.2) is 11.6 Å². The summed E-state index contributed by atoms with van der Waals surface area (Å²) >= 11 is 4.52. The maximum atomic E-state index is 13.0. The largest absolute Gasteiger partial charge is 0.289 e. The van der Waals surface area contributed by atoms with Gasteiger partial charge in [0.25, 0.3) is 0 Å². The molecule has 0 fully saturated rings. The first-order chi connectivity index (χ1) is 11.2. The Morgan fingerprint density at radius 1 is 0.565 bits per heavy atom. The molecule has 0 heterocycles. The maximum absolute atomic E-state index is 13.0. The number of rotatable bonds is 1. The number of fused-ring (bicyclic) bond motifs is 2. The van der Waals surface area contributed by atoms with Gasteiger partial charge in [-0.25, -0.2) is 0 Å². The summed E-state index contributed by atoms with van der Waals surface area (Å²) in [6.07, 6.45) is 0. The van der Waals surface area contributed by atoms with Crippen LogP contribution in [0.5, 0.6) is 0 Å². The molecule has 0 radical (unpaired) electrons. The van der Waals surface area contributed by atoms with Crippen LogP contribution in [0.2, 0.25) is 0 Å². The molecule has 0 spiro atoms. The lowest BCUT2D eigenvalue weighted by atomic mass is 9.80. The second-order valence-electron chi connectivity index (χ2n) is 5.45. The Morgan fingerprint density at radius 3 is 1.87 bits per heavy atom. The molecule has 3 aromatic rings. The molecule has 3 aromatic carbocycles. The highest BCUT2D eigenvalue weighted by molar-refractivity contribution is 7.80. The van der Waals surface area contributed by atoms with Crippen LogP contribution in [-0.2, 0) is 0 Å². The van der Waals surface area contributed by atoms with Crippen molar-refractivity contribution in [3.63, 3.8) is 0 Å². The second-order valence-corrected chi connectivity index (χ2v) is 5.93. The molecular formula is C20H12O2S. The molecule has 0 aromatic heterocycles. The van der Waals surface area contributed by atoms with Crippen LogP contribution < -0.4 is 0 Å². The van der Waals surface area contributed by atoms with Gasteiger partial charge in [0, 0.05) is 32.7 Å². The fraction of sp³-hybridized carbons (Fsp3) is 0. The highest BCUT2D eigenvalue weighted by Crippen LogP contribution is 2.37. The molecule has 23 heavy (non-hydrogen) atoms. The zero-order valence-electron chi connectivity index (χ0n) is 12.1. The van der Waals surface area contributed by atoms with Crippen LogP contribution in [0, 0.1) is 0 Å². The van der Waals surface area contributed by atoms with Crippen LogP contribution in [0.3, 0.4) is 0 Å². The van der Waals surface area contributed by atoms with Crippen molar-refractivity contribution in [3.05, 3.63) is 89.0 Å². The lowest BCUT2D eigenvalue weighted by Crippen LogP contribution is -2.21. The SMILES string of the molecule is O=C1c2ccccc2C(=O)c2c1ccc(S)c2-c1ccccc1. The molecule has 1 aliphatic carbocycles. The van der Waals surface area contributed by atoms with Gasteiger partial charge in [-0.2, -0.15) is 0 Å². The van der Waals surface area contributed by atoms with Gasteiger partial charge in [0.2, 0.25) is 0 Å². The van der Waals surface area contributed by atoms with Crippen LogP contribution in [0.1, 0.15) is 31.8 Å². The molecule has 2 nitrogen and oxygen atoms in total. The maximum Gasteiger partial charge on any atom is 0.195 e. The van der Waals surface area contributed by atoms with Crippen molar-refractivity contribution in [2.75, 3.05) is 0 Å². The third kappa shape index (κ3) is 2.05. The van der Waals surface area contributed by atoms with Crippen LogP contribution in [0.15, 0.2) is 71.6 Å². The minimum atomic E-state index is -0.120. The van der Waals surface area contributed by atoms with Gasteiger partial charge >= 0.3 is 0 Å². The van der Waals surface area contributed by atoms with Crippen molar-refractivity contribution >= 4 is 24.2 Å². The zero-order chi connectivity index (χ0) is 16.0. The smallest absolute Gasteiger partial charge is 0.195 e. The Bertz CT molecular complexity index is 959. The topological polar surface area (TPSA) is 34.1 Å². The second kappa shape index (κ2) is 5.21. The average molecular weight is 316 g/mol. The number of carbonyl (C=O) groups is 2. The Balaban J connectivity index is 2.06. The summed E-state index contributed by atoms with van der Waals surface area (Å²) in [5.41, 5.74) is 3.43. The quantitative estimate of drug-likeness (QED) is 0.528. The van der Waals surface area contributed by atoms with E-state index in [4.69, 9.17) is 0 Å². The van der Waals surface area contributed by atoms with E-state index in [9.17, 15) is 9.59 Å². The molecule has 1 aliphatic rings. The van der Waals surface area contributed by atoms with E-state index in [1.807, 2.05) is 30.3 Å². The first-order valence-corrected chi connectivity index (χ1v) is 7.73. The highest BCUT2D eigenvalue weighted by Gasteiger charge is 2.32. The van der Waals surface area contributed by atoms with Crippen LogP contribution >= 0.6 is 12.6 Å². The lowest BCUT2D eigenvalue weighted by molar-refractivity contribution is 0.0979. The monoisotopic (exact) mass is 316 g/mol. The molecule has 3 heteroatoms. The number of benzene rings is 3. The summed E-state index contributed by atoms with van der Waals surface area (Å²) in [4.78, 5) is 26.5. The lowest BCUT2D eigenvalue weighted by Gasteiger charge is -2.21. The molecule has 0 unspecified atom stereocenters. The minimum Gasteiger partial charge on any atom is -0.289 e. The van der Waals surface area contributed by atoms with Gasteiger partial charge in [-0.05, 0) is 17.7 Å². The number of hydrogen-bond donors (Lipinski definition) is 1. The van der Waals surface area contributed by atoms with Crippen molar-refractivity contribution in [2.45, 2.75) is 4.90 Å². The summed E-state index contributed by atoms with van der Waals surface area (Å²) in [6.45, 7) is 0. The molecule has 0 amide bonds. The predicted molar refractivity (Wildman–Crippen MR) is 92.4 cm³/mol. The summed E-state index contributed by atoms with van der Waals surface area (Å²) in [5.74, 6) is -0.231. The summed E-state index contributed by atoms with van der Waals surface area (Å²) < 4.78 is 0. The van der Waals surface area contributed by atoms with Gasteiger partial charge in [-0.3, -0.25) is 9.59 Å². The molecule has 110 valence electrons. The van der Waals surface area contributed by atoms with Crippen molar-refractivity contribution < 1.29 is 9.59 Å². The normalized spacial score (nSPS) is 12.7.